The quantitative estimate of drug-likeness (QED) is 0.737. The van der Waals surface area contributed by atoms with Gasteiger partial charge in [0.2, 0.25) is 11.9 Å². The Labute approximate surface area is 155 Å². The van der Waals surface area contributed by atoms with E-state index in [9.17, 15) is 4.79 Å². The Bertz CT molecular complexity index is 929. The third-order valence-corrected chi connectivity index (χ3v) is 5.80. The van der Waals surface area contributed by atoms with Crippen molar-refractivity contribution in [1.29, 1.82) is 0 Å². The van der Waals surface area contributed by atoms with Gasteiger partial charge in [-0.25, -0.2) is 15.0 Å². The van der Waals surface area contributed by atoms with Gasteiger partial charge in [0.25, 0.3) is 0 Å². The summed E-state index contributed by atoms with van der Waals surface area (Å²) in [5, 5.41) is 5.59. The molecule has 2 aromatic heterocycles. The topological polar surface area (TPSA) is 93.8 Å². The number of benzene rings is 1. The number of aromatic nitrogens is 3. The maximum absolute atomic E-state index is 12.9. The number of nitrogens with one attached hydrogen (secondary N) is 1. The Kier molecular flexibility index (Phi) is 4.16. The van der Waals surface area contributed by atoms with Crippen LogP contribution in [0.15, 0.2) is 42.0 Å². The zero-order chi connectivity index (χ0) is 18.1. The number of nitrogens with two attached hydrogens (primary N) is 1. The minimum absolute atomic E-state index is 0.0293. The van der Waals surface area contributed by atoms with Crippen LogP contribution in [-0.2, 0) is 10.2 Å². The lowest BCUT2D eigenvalue weighted by Gasteiger charge is -2.40. The summed E-state index contributed by atoms with van der Waals surface area (Å²) in [4.78, 5) is 25.3. The first-order valence-electron chi connectivity index (χ1n) is 8.49. The molecular formula is C19H19N5OS. The molecule has 0 atom stereocenters. The van der Waals surface area contributed by atoms with Gasteiger partial charge in [0.05, 0.1) is 11.1 Å². The monoisotopic (exact) mass is 365 g/mol. The molecule has 1 saturated carbocycles. The van der Waals surface area contributed by atoms with E-state index in [2.05, 4.69) is 20.3 Å². The summed E-state index contributed by atoms with van der Waals surface area (Å²) in [6.07, 6.45) is 6.17. The van der Waals surface area contributed by atoms with Crippen LogP contribution >= 0.6 is 11.3 Å². The molecule has 0 radical (unpaired) electrons. The largest absolute Gasteiger partial charge is 0.368 e. The highest BCUT2D eigenvalue weighted by Gasteiger charge is 2.45. The van der Waals surface area contributed by atoms with Crippen LogP contribution in [0.2, 0.25) is 0 Å². The van der Waals surface area contributed by atoms with Crippen LogP contribution in [0.3, 0.4) is 0 Å². The summed E-state index contributed by atoms with van der Waals surface area (Å²) >= 11 is 1.46. The summed E-state index contributed by atoms with van der Waals surface area (Å²) in [5.41, 5.74) is 8.93. The van der Waals surface area contributed by atoms with Crippen molar-refractivity contribution in [2.75, 3.05) is 11.1 Å². The van der Waals surface area contributed by atoms with E-state index in [0.717, 1.165) is 41.6 Å². The first-order chi connectivity index (χ1) is 12.6. The predicted molar refractivity (Wildman–Crippen MR) is 103 cm³/mol. The van der Waals surface area contributed by atoms with E-state index in [0.29, 0.717) is 5.13 Å². The number of thiazole rings is 1. The number of nitrogens with zero attached hydrogens (tertiary/aromatic N) is 3. The highest BCUT2D eigenvalue weighted by Crippen LogP contribution is 2.45. The maximum Gasteiger partial charge on any atom is 0.236 e. The fourth-order valence-electron chi connectivity index (χ4n) is 3.27. The zero-order valence-corrected chi connectivity index (χ0v) is 15.2. The molecule has 0 unspecified atom stereocenters. The fraction of sp³-hybridized carbons (Fsp3) is 0.263. The molecule has 1 aliphatic carbocycles. The minimum Gasteiger partial charge on any atom is -0.368 e. The molecule has 6 nitrogen and oxygen atoms in total. The number of aryl methyl sites for hydroxylation is 1. The van der Waals surface area contributed by atoms with Gasteiger partial charge in [-0.3, -0.25) is 4.79 Å². The zero-order valence-electron chi connectivity index (χ0n) is 14.4. The Morgan fingerprint density at radius 3 is 2.38 bits per heavy atom. The summed E-state index contributed by atoms with van der Waals surface area (Å²) in [5.74, 6) is 0.287. The Morgan fingerprint density at radius 2 is 1.85 bits per heavy atom. The number of nitrogen functional groups attached to an aromatic ring is 1. The second kappa shape index (κ2) is 6.49. The van der Waals surface area contributed by atoms with Gasteiger partial charge >= 0.3 is 0 Å². The average Bonchev–Trinajstić information content (AvgIpc) is 3.00. The highest BCUT2D eigenvalue weighted by atomic mass is 32.1. The van der Waals surface area contributed by atoms with E-state index in [1.54, 1.807) is 12.4 Å². The Morgan fingerprint density at radius 1 is 1.15 bits per heavy atom. The molecule has 7 heteroatoms. The van der Waals surface area contributed by atoms with E-state index in [1.807, 2.05) is 36.6 Å². The van der Waals surface area contributed by atoms with Gasteiger partial charge in [0.15, 0.2) is 5.13 Å². The van der Waals surface area contributed by atoms with Crippen molar-refractivity contribution in [3.05, 3.63) is 53.3 Å². The molecule has 4 rings (SSSR count). The van der Waals surface area contributed by atoms with Crippen molar-refractivity contribution in [3.63, 3.8) is 0 Å². The van der Waals surface area contributed by atoms with E-state index >= 15 is 0 Å². The Balaban J connectivity index is 1.58. The molecule has 2 heterocycles. The van der Waals surface area contributed by atoms with Crippen LogP contribution in [0.5, 0.6) is 0 Å². The SMILES string of the molecule is Cc1csc(NC(=O)C2(c3ccc(-c4cnc(N)nc4)cc3)CCC2)n1. The van der Waals surface area contributed by atoms with Crippen LogP contribution < -0.4 is 11.1 Å². The van der Waals surface area contributed by atoms with Gasteiger partial charge in [-0.15, -0.1) is 11.3 Å². The summed E-state index contributed by atoms with van der Waals surface area (Å²) in [6.45, 7) is 1.92. The maximum atomic E-state index is 12.9. The molecule has 1 aromatic carbocycles. The minimum atomic E-state index is -0.463. The van der Waals surface area contributed by atoms with Crippen molar-refractivity contribution in [1.82, 2.24) is 15.0 Å². The second-order valence-electron chi connectivity index (χ2n) is 6.59. The molecule has 1 amide bonds. The molecule has 3 aromatic rings. The van der Waals surface area contributed by atoms with Gasteiger partial charge in [0.1, 0.15) is 0 Å². The van der Waals surface area contributed by atoms with E-state index in [1.165, 1.54) is 11.3 Å². The first-order valence-corrected chi connectivity index (χ1v) is 9.37. The van der Waals surface area contributed by atoms with Crippen molar-refractivity contribution in [2.24, 2.45) is 0 Å². The number of hydrogen-bond acceptors (Lipinski definition) is 6. The van der Waals surface area contributed by atoms with Crippen molar-refractivity contribution in [2.45, 2.75) is 31.6 Å². The lowest BCUT2D eigenvalue weighted by atomic mass is 9.63. The van der Waals surface area contributed by atoms with Gasteiger partial charge in [-0.05, 0) is 30.9 Å². The summed E-state index contributed by atoms with van der Waals surface area (Å²) < 4.78 is 0. The van der Waals surface area contributed by atoms with E-state index < -0.39 is 5.41 Å². The molecule has 0 aliphatic heterocycles. The number of hydrogen-bond donors (Lipinski definition) is 2. The third kappa shape index (κ3) is 2.94. The van der Waals surface area contributed by atoms with Crippen molar-refractivity contribution < 1.29 is 4.79 Å². The Hall–Kier alpha value is -2.80. The fourth-order valence-corrected chi connectivity index (χ4v) is 3.96. The average molecular weight is 365 g/mol. The van der Waals surface area contributed by atoms with Crippen LogP contribution in [-0.4, -0.2) is 20.9 Å². The normalized spacial score (nSPS) is 15.3. The smallest absolute Gasteiger partial charge is 0.236 e. The summed E-state index contributed by atoms with van der Waals surface area (Å²) in [7, 11) is 0. The molecule has 3 N–H and O–H groups in total. The third-order valence-electron chi connectivity index (χ3n) is 4.92. The number of carbonyl (C=O) groups excluding carboxylic acids is 1. The van der Waals surface area contributed by atoms with Gasteiger partial charge in [-0.1, -0.05) is 30.7 Å². The van der Waals surface area contributed by atoms with Crippen molar-refractivity contribution in [3.8, 4) is 11.1 Å². The van der Waals surface area contributed by atoms with Gasteiger partial charge < -0.3 is 11.1 Å². The van der Waals surface area contributed by atoms with Crippen molar-refractivity contribution >= 4 is 28.3 Å². The van der Waals surface area contributed by atoms with Crippen LogP contribution in [0.1, 0.15) is 30.5 Å². The van der Waals surface area contributed by atoms with Crippen LogP contribution in [0.25, 0.3) is 11.1 Å². The number of anilines is 2. The van der Waals surface area contributed by atoms with Gasteiger partial charge in [0, 0.05) is 23.3 Å². The van der Waals surface area contributed by atoms with Crippen LogP contribution in [0.4, 0.5) is 11.1 Å². The first kappa shape index (κ1) is 16.7. The predicted octanol–water partition coefficient (Wildman–Crippen LogP) is 3.55. The molecule has 132 valence electrons. The van der Waals surface area contributed by atoms with Crippen LogP contribution in [0, 0.1) is 6.92 Å². The second-order valence-corrected chi connectivity index (χ2v) is 7.45. The molecule has 1 fully saturated rings. The number of carbonyl (C=O) groups is 1. The molecule has 0 spiro atoms. The molecule has 0 saturated heterocycles. The number of amides is 1. The molecule has 1 aliphatic rings. The lowest BCUT2D eigenvalue weighted by Crippen LogP contribution is -2.46. The van der Waals surface area contributed by atoms with Gasteiger partial charge in [-0.2, -0.15) is 0 Å². The standard InChI is InChI=1S/C19H19N5OS/c1-12-11-26-18(23-12)24-16(25)19(7-2-8-19)15-5-3-13(4-6-15)14-9-21-17(20)22-10-14/h3-6,9-11H,2,7-8H2,1H3,(H2,20,21,22)(H,23,24,25). The molecule has 0 bridgehead atoms. The number of rotatable bonds is 4. The lowest BCUT2D eigenvalue weighted by molar-refractivity contribution is -0.124. The van der Waals surface area contributed by atoms with E-state index in [-0.39, 0.29) is 11.9 Å². The highest BCUT2D eigenvalue weighted by molar-refractivity contribution is 7.13. The summed E-state index contributed by atoms with van der Waals surface area (Å²) in [6, 6.07) is 8.06. The molecular weight excluding hydrogens is 346 g/mol. The van der Waals surface area contributed by atoms with E-state index in [4.69, 9.17) is 5.73 Å². The molecule has 26 heavy (non-hydrogen) atoms.